The molecule has 0 aliphatic heterocycles. The number of ether oxygens (including phenoxy) is 1. The summed E-state index contributed by atoms with van der Waals surface area (Å²) in [5.41, 5.74) is -0.843. The van der Waals surface area contributed by atoms with Gasteiger partial charge in [-0.25, -0.2) is 4.79 Å². The SMILES string of the molecule is CCCCCCN(C(=O)C(CO)NC(=O)OC(C)(C)C)C(C(=O)NC(C)(C)C)c1ccc(O)cc1. The summed E-state index contributed by atoms with van der Waals surface area (Å²) < 4.78 is 5.25. The highest BCUT2D eigenvalue weighted by Crippen LogP contribution is 2.26. The van der Waals surface area contributed by atoms with Gasteiger partial charge in [-0.15, -0.1) is 0 Å². The molecule has 1 aromatic rings. The number of phenols is 1. The van der Waals surface area contributed by atoms with Gasteiger partial charge in [-0.3, -0.25) is 9.59 Å². The molecule has 1 aromatic carbocycles. The fourth-order valence-corrected chi connectivity index (χ4v) is 3.48. The van der Waals surface area contributed by atoms with Crippen molar-refractivity contribution < 1.29 is 29.3 Å². The second-order valence-electron chi connectivity index (χ2n) is 10.7. The van der Waals surface area contributed by atoms with E-state index in [-0.39, 0.29) is 12.3 Å². The number of carbonyl (C=O) groups is 3. The van der Waals surface area contributed by atoms with Gasteiger partial charge < -0.3 is 30.5 Å². The number of hydrogen-bond donors (Lipinski definition) is 4. The molecule has 0 bridgehead atoms. The van der Waals surface area contributed by atoms with Crippen LogP contribution in [0.4, 0.5) is 4.79 Å². The highest BCUT2D eigenvalue weighted by Gasteiger charge is 2.36. The van der Waals surface area contributed by atoms with Crippen molar-refractivity contribution in [1.82, 2.24) is 15.5 Å². The molecule has 0 heterocycles. The largest absolute Gasteiger partial charge is 0.508 e. The van der Waals surface area contributed by atoms with Crippen LogP contribution in [0.2, 0.25) is 0 Å². The molecule has 2 atom stereocenters. The van der Waals surface area contributed by atoms with Crippen LogP contribution in [0, 0.1) is 0 Å². The molecule has 4 N–H and O–H groups in total. The monoisotopic (exact) mass is 493 g/mol. The van der Waals surface area contributed by atoms with Gasteiger partial charge in [0.15, 0.2) is 0 Å². The number of nitrogens with one attached hydrogen (secondary N) is 2. The maximum atomic E-state index is 13.7. The van der Waals surface area contributed by atoms with Gasteiger partial charge in [0.1, 0.15) is 23.4 Å². The average molecular weight is 494 g/mol. The predicted octanol–water partition coefficient (Wildman–Crippen LogP) is 3.64. The Morgan fingerprint density at radius 1 is 1.00 bits per heavy atom. The zero-order valence-corrected chi connectivity index (χ0v) is 22.2. The molecule has 0 saturated heterocycles. The summed E-state index contributed by atoms with van der Waals surface area (Å²) in [5, 5.41) is 25.1. The van der Waals surface area contributed by atoms with Crippen LogP contribution in [-0.4, -0.2) is 63.4 Å². The number of hydrogen-bond acceptors (Lipinski definition) is 6. The lowest BCUT2D eigenvalue weighted by atomic mass is 10.00. The zero-order valence-electron chi connectivity index (χ0n) is 22.2. The molecule has 0 aromatic heterocycles. The summed E-state index contributed by atoms with van der Waals surface area (Å²) >= 11 is 0. The van der Waals surface area contributed by atoms with Gasteiger partial charge in [-0.05, 0) is 65.7 Å². The number of benzene rings is 1. The normalized spacial score (nSPS) is 13.5. The van der Waals surface area contributed by atoms with E-state index in [0.717, 1.165) is 19.3 Å². The van der Waals surface area contributed by atoms with E-state index in [4.69, 9.17) is 4.74 Å². The van der Waals surface area contributed by atoms with E-state index in [1.165, 1.54) is 17.0 Å². The maximum absolute atomic E-state index is 13.7. The topological polar surface area (TPSA) is 128 Å². The molecule has 0 aliphatic carbocycles. The predicted molar refractivity (Wildman–Crippen MR) is 135 cm³/mol. The third-order valence-electron chi connectivity index (χ3n) is 4.97. The third-order valence-corrected chi connectivity index (χ3v) is 4.97. The Hall–Kier alpha value is -2.81. The van der Waals surface area contributed by atoms with Crippen molar-refractivity contribution in [3.8, 4) is 5.75 Å². The van der Waals surface area contributed by atoms with Gasteiger partial charge in [-0.1, -0.05) is 38.3 Å². The minimum Gasteiger partial charge on any atom is -0.508 e. The van der Waals surface area contributed by atoms with Crippen LogP contribution in [0.15, 0.2) is 24.3 Å². The van der Waals surface area contributed by atoms with Crippen LogP contribution < -0.4 is 10.6 Å². The average Bonchev–Trinajstić information content (AvgIpc) is 2.72. The molecule has 0 saturated carbocycles. The van der Waals surface area contributed by atoms with Crippen LogP contribution in [-0.2, 0) is 14.3 Å². The van der Waals surface area contributed by atoms with E-state index in [2.05, 4.69) is 17.6 Å². The van der Waals surface area contributed by atoms with Crippen LogP contribution in [0.5, 0.6) is 5.75 Å². The van der Waals surface area contributed by atoms with Crippen molar-refractivity contribution in [2.24, 2.45) is 0 Å². The Labute approximate surface area is 209 Å². The second-order valence-corrected chi connectivity index (χ2v) is 10.7. The van der Waals surface area contributed by atoms with Gasteiger partial charge in [-0.2, -0.15) is 0 Å². The number of aliphatic hydroxyl groups excluding tert-OH is 1. The first-order valence-electron chi connectivity index (χ1n) is 12.2. The zero-order chi connectivity index (χ0) is 26.8. The second kappa shape index (κ2) is 13.3. The number of amides is 3. The number of alkyl carbamates (subject to hydrolysis) is 1. The number of aromatic hydroxyl groups is 1. The van der Waals surface area contributed by atoms with E-state index < -0.39 is 47.7 Å². The highest BCUT2D eigenvalue weighted by molar-refractivity contribution is 5.92. The van der Waals surface area contributed by atoms with Crippen LogP contribution in [0.1, 0.15) is 85.8 Å². The number of unbranched alkanes of at least 4 members (excludes halogenated alkanes) is 3. The number of phenolic OH excluding ortho intramolecular Hbond substituents is 1. The van der Waals surface area contributed by atoms with Crippen LogP contribution in [0.3, 0.4) is 0 Å². The molecule has 3 amide bonds. The van der Waals surface area contributed by atoms with Crippen LogP contribution in [0.25, 0.3) is 0 Å². The first-order chi connectivity index (χ1) is 16.2. The molecule has 9 heteroatoms. The Bertz CT molecular complexity index is 827. The molecular weight excluding hydrogens is 450 g/mol. The summed E-state index contributed by atoms with van der Waals surface area (Å²) in [7, 11) is 0. The van der Waals surface area contributed by atoms with E-state index in [9.17, 15) is 24.6 Å². The number of carbonyl (C=O) groups excluding carboxylic acids is 3. The summed E-state index contributed by atoms with van der Waals surface area (Å²) in [6.07, 6.45) is 2.63. The first kappa shape index (κ1) is 30.2. The molecule has 1 rings (SSSR count). The van der Waals surface area contributed by atoms with Crippen molar-refractivity contribution in [3.05, 3.63) is 29.8 Å². The lowest BCUT2D eigenvalue weighted by molar-refractivity contribution is -0.144. The van der Waals surface area contributed by atoms with E-state index in [1.807, 2.05) is 20.8 Å². The van der Waals surface area contributed by atoms with Crippen LogP contribution >= 0.6 is 0 Å². The fraction of sp³-hybridized carbons (Fsp3) is 0.654. The smallest absolute Gasteiger partial charge is 0.408 e. The molecule has 0 fully saturated rings. The lowest BCUT2D eigenvalue weighted by Crippen LogP contribution is -2.55. The molecule has 0 radical (unpaired) electrons. The summed E-state index contributed by atoms with van der Waals surface area (Å²) in [5.74, 6) is -0.970. The van der Waals surface area contributed by atoms with Crippen molar-refractivity contribution >= 4 is 17.9 Å². The van der Waals surface area contributed by atoms with E-state index in [1.54, 1.807) is 32.9 Å². The number of nitrogens with zero attached hydrogens (tertiary/aromatic N) is 1. The Morgan fingerprint density at radius 2 is 1.60 bits per heavy atom. The van der Waals surface area contributed by atoms with Gasteiger partial charge in [0.2, 0.25) is 11.8 Å². The fourth-order valence-electron chi connectivity index (χ4n) is 3.48. The van der Waals surface area contributed by atoms with Gasteiger partial charge in [0.05, 0.1) is 6.61 Å². The lowest BCUT2D eigenvalue weighted by Gasteiger charge is -2.35. The molecule has 198 valence electrons. The standard InChI is InChI=1S/C26H43N3O6/c1-8-9-10-11-16-29(23(33)20(17-30)27-24(34)35-26(5,6)7)21(22(32)28-25(2,3)4)18-12-14-19(31)15-13-18/h12-15,20-21,30-31H,8-11,16-17H2,1-7H3,(H,27,34)(H,28,32). The quantitative estimate of drug-likeness (QED) is 0.349. The van der Waals surface area contributed by atoms with Gasteiger partial charge >= 0.3 is 6.09 Å². The molecule has 0 spiro atoms. The van der Waals surface area contributed by atoms with Gasteiger partial charge in [0, 0.05) is 12.1 Å². The Kier molecular flexibility index (Phi) is 11.5. The maximum Gasteiger partial charge on any atom is 0.408 e. The van der Waals surface area contributed by atoms with Crippen molar-refractivity contribution in [2.75, 3.05) is 13.2 Å². The van der Waals surface area contributed by atoms with E-state index >= 15 is 0 Å². The third kappa shape index (κ3) is 11.0. The Morgan fingerprint density at radius 3 is 2.09 bits per heavy atom. The molecule has 2 unspecified atom stereocenters. The number of rotatable bonds is 11. The molecule has 35 heavy (non-hydrogen) atoms. The van der Waals surface area contributed by atoms with Crippen molar-refractivity contribution in [2.45, 2.75) is 97.4 Å². The van der Waals surface area contributed by atoms with Crippen molar-refractivity contribution in [3.63, 3.8) is 0 Å². The molecule has 9 nitrogen and oxygen atoms in total. The van der Waals surface area contributed by atoms with Gasteiger partial charge in [0.25, 0.3) is 0 Å². The first-order valence-corrected chi connectivity index (χ1v) is 12.2. The molecule has 0 aliphatic rings. The highest BCUT2D eigenvalue weighted by atomic mass is 16.6. The molecular formula is C26H43N3O6. The summed E-state index contributed by atoms with van der Waals surface area (Å²) in [6, 6.07) is 3.76. The Balaban J connectivity index is 3.38. The summed E-state index contributed by atoms with van der Waals surface area (Å²) in [6.45, 7) is 12.3. The summed E-state index contributed by atoms with van der Waals surface area (Å²) in [4.78, 5) is 40.8. The minimum absolute atomic E-state index is 0.0318. The van der Waals surface area contributed by atoms with E-state index in [0.29, 0.717) is 12.0 Å². The number of aliphatic hydroxyl groups is 1. The van der Waals surface area contributed by atoms with Crippen molar-refractivity contribution in [1.29, 1.82) is 0 Å². The minimum atomic E-state index is -1.29.